The van der Waals surface area contributed by atoms with Gasteiger partial charge >= 0.3 is 6.18 Å². The Morgan fingerprint density at radius 3 is 2.56 bits per heavy atom. The molecule has 0 spiro atoms. The lowest BCUT2D eigenvalue weighted by molar-refractivity contribution is -0.205. The Labute approximate surface area is 192 Å². The molecular weight excluding hydrogens is 413 g/mol. The Morgan fingerprint density at radius 1 is 1.12 bits per heavy atom. The van der Waals surface area contributed by atoms with Crippen molar-refractivity contribution in [1.29, 1.82) is 5.41 Å². The molecule has 0 aromatic rings. The van der Waals surface area contributed by atoms with Crippen LogP contribution in [-0.4, -0.2) is 47.6 Å². The quantitative estimate of drug-likeness (QED) is 0.450. The minimum absolute atomic E-state index is 0.000654. The predicted octanol–water partition coefficient (Wildman–Crippen LogP) is 6.47. The first kappa shape index (κ1) is 25.7. The van der Waals surface area contributed by atoms with Gasteiger partial charge < -0.3 is 15.4 Å². The van der Waals surface area contributed by atoms with E-state index < -0.39 is 18.2 Å². The van der Waals surface area contributed by atoms with Crippen molar-refractivity contribution in [3.63, 3.8) is 0 Å². The van der Waals surface area contributed by atoms with Crippen LogP contribution >= 0.6 is 0 Å². The molecule has 2 fully saturated rings. The van der Waals surface area contributed by atoms with Gasteiger partial charge in [0.05, 0.1) is 12.0 Å². The van der Waals surface area contributed by atoms with E-state index in [1.54, 1.807) is 0 Å². The third kappa shape index (κ3) is 6.82. The Bertz CT molecular complexity index is 662. The standard InChI is InChI=1S/C26H43F3N2O/c1-17-5-4-11-31(12-10-17)16-22-9-8-21(14-23(22)26(27,28)29)25(32)15-24(30)20-7-6-18(2)19(3)13-20/h13,17-19,21-23,25,30,32H,4-12,14-16H2,1-3H3. The van der Waals surface area contributed by atoms with Gasteiger partial charge in [-0.3, -0.25) is 0 Å². The monoisotopic (exact) mass is 456 g/mol. The number of hydrogen-bond donors (Lipinski definition) is 2. The molecule has 0 amide bonds. The van der Waals surface area contributed by atoms with Gasteiger partial charge in [0.15, 0.2) is 0 Å². The minimum Gasteiger partial charge on any atom is -0.392 e. The summed E-state index contributed by atoms with van der Waals surface area (Å²) in [7, 11) is 0. The summed E-state index contributed by atoms with van der Waals surface area (Å²) in [6.45, 7) is 8.92. The second-order valence-corrected chi connectivity index (χ2v) is 11.1. The molecule has 6 heteroatoms. The number of likely N-dealkylation sites (tertiary alicyclic amines) is 1. The van der Waals surface area contributed by atoms with Gasteiger partial charge in [-0.25, -0.2) is 0 Å². The zero-order valence-electron chi connectivity index (χ0n) is 20.1. The number of alkyl halides is 3. The maximum atomic E-state index is 14.0. The molecule has 0 aromatic heterocycles. The van der Waals surface area contributed by atoms with Crippen molar-refractivity contribution in [2.75, 3.05) is 19.6 Å². The van der Waals surface area contributed by atoms with E-state index in [1.807, 2.05) is 0 Å². The van der Waals surface area contributed by atoms with E-state index in [0.29, 0.717) is 42.9 Å². The average molecular weight is 457 g/mol. The number of aliphatic hydroxyl groups is 1. The van der Waals surface area contributed by atoms with Crippen molar-refractivity contribution in [2.45, 2.75) is 90.8 Å². The molecule has 1 saturated heterocycles. The van der Waals surface area contributed by atoms with Crippen LogP contribution in [0.5, 0.6) is 0 Å². The van der Waals surface area contributed by atoms with Crippen molar-refractivity contribution in [2.24, 2.45) is 35.5 Å². The molecule has 0 radical (unpaired) electrons. The maximum absolute atomic E-state index is 14.0. The van der Waals surface area contributed by atoms with Gasteiger partial charge in [0.25, 0.3) is 0 Å². The molecule has 3 rings (SSSR count). The summed E-state index contributed by atoms with van der Waals surface area (Å²) in [6.07, 6.45) is 3.53. The van der Waals surface area contributed by atoms with Crippen LogP contribution in [0.3, 0.4) is 0 Å². The number of nitrogens with zero attached hydrogens (tertiary/aromatic N) is 1. The lowest BCUT2D eigenvalue weighted by Gasteiger charge is -2.41. The first-order chi connectivity index (χ1) is 15.0. The van der Waals surface area contributed by atoms with Crippen LogP contribution in [0.15, 0.2) is 11.6 Å². The number of nitrogens with one attached hydrogen (secondary N) is 1. The molecule has 1 saturated carbocycles. The lowest BCUT2D eigenvalue weighted by Crippen LogP contribution is -2.44. The number of hydrogen-bond acceptors (Lipinski definition) is 3. The van der Waals surface area contributed by atoms with Crippen molar-refractivity contribution in [1.82, 2.24) is 4.90 Å². The smallest absolute Gasteiger partial charge is 0.392 e. The number of halogens is 3. The molecule has 184 valence electrons. The number of aliphatic hydroxyl groups excluding tert-OH is 1. The summed E-state index contributed by atoms with van der Waals surface area (Å²) in [5.74, 6) is -0.446. The maximum Gasteiger partial charge on any atom is 0.392 e. The molecule has 1 heterocycles. The Hall–Kier alpha value is -0.880. The molecule has 7 unspecified atom stereocenters. The fourth-order valence-corrected chi connectivity index (χ4v) is 6.04. The topological polar surface area (TPSA) is 47.3 Å². The molecule has 7 atom stereocenters. The van der Waals surface area contributed by atoms with E-state index in [1.165, 1.54) is 0 Å². The van der Waals surface area contributed by atoms with E-state index >= 15 is 0 Å². The molecule has 3 aliphatic rings. The molecular formula is C26H43F3N2O. The molecule has 2 aliphatic carbocycles. The first-order valence-electron chi connectivity index (χ1n) is 12.8. The first-order valence-corrected chi connectivity index (χ1v) is 12.8. The van der Waals surface area contributed by atoms with E-state index in [9.17, 15) is 18.3 Å². The fourth-order valence-electron chi connectivity index (χ4n) is 6.04. The van der Waals surface area contributed by atoms with E-state index in [-0.39, 0.29) is 24.7 Å². The van der Waals surface area contributed by atoms with Crippen molar-refractivity contribution in [3.8, 4) is 0 Å². The summed E-state index contributed by atoms with van der Waals surface area (Å²) in [4.78, 5) is 2.25. The highest BCUT2D eigenvalue weighted by atomic mass is 19.4. The van der Waals surface area contributed by atoms with Crippen molar-refractivity contribution >= 4 is 5.71 Å². The molecule has 3 nitrogen and oxygen atoms in total. The second-order valence-electron chi connectivity index (χ2n) is 11.1. The van der Waals surface area contributed by atoms with Gasteiger partial charge in [-0.05, 0) is 99.6 Å². The largest absolute Gasteiger partial charge is 0.392 e. The molecule has 0 aromatic carbocycles. The molecule has 32 heavy (non-hydrogen) atoms. The molecule has 1 aliphatic heterocycles. The van der Waals surface area contributed by atoms with Crippen LogP contribution < -0.4 is 0 Å². The number of rotatable bonds is 6. The van der Waals surface area contributed by atoms with Crippen LogP contribution in [0.1, 0.15) is 78.6 Å². The van der Waals surface area contributed by atoms with Gasteiger partial charge in [-0.1, -0.05) is 26.8 Å². The summed E-state index contributed by atoms with van der Waals surface area (Å²) in [5, 5.41) is 19.3. The van der Waals surface area contributed by atoms with Gasteiger partial charge in [0.1, 0.15) is 0 Å². The lowest BCUT2D eigenvalue weighted by atomic mass is 9.70. The van der Waals surface area contributed by atoms with Gasteiger partial charge in [-0.15, -0.1) is 0 Å². The normalized spacial score (nSPS) is 36.3. The van der Waals surface area contributed by atoms with Crippen LogP contribution in [0.25, 0.3) is 0 Å². The highest BCUT2D eigenvalue weighted by Crippen LogP contribution is 2.45. The molecule has 0 bridgehead atoms. The van der Waals surface area contributed by atoms with Crippen LogP contribution in [0.2, 0.25) is 0 Å². The van der Waals surface area contributed by atoms with E-state index in [2.05, 4.69) is 31.7 Å². The SMILES string of the molecule is CC1CCCN(CC2CCC(C(O)CC(=N)C3=CC(C)C(C)CC3)CC2C(F)(F)F)CC1. The number of allylic oxidation sites excluding steroid dienone is 2. The predicted molar refractivity (Wildman–Crippen MR) is 124 cm³/mol. The van der Waals surface area contributed by atoms with Crippen molar-refractivity contribution in [3.05, 3.63) is 11.6 Å². The van der Waals surface area contributed by atoms with Crippen LogP contribution in [0.4, 0.5) is 13.2 Å². The fraction of sp³-hybridized carbons (Fsp3) is 0.885. The summed E-state index contributed by atoms with van der Waals surface area (Å²) < 4.78 is 42.0. The summed E-state index contributed by atoms with van der Waals surface area (Å²) >= 11 is 0. The van der Waals surface area contributed by atoms with E-state index in [0.717, 1.165) is 50.8 Å². The zero-order chi connectivity index (χ0) is 23.5. The Morgan fingerprint density at radius 2 is 1.88 bits per heavy atom. The van der Waals surface area contributed by atoms with Crippen LogP contribution in [0, 0.1) is 40.9 Å². The third-order valence-electron chi connectivity index (χ3n) is 8.63. The third-order valence-corrected chi connectivity index (χ3v) is 8.63. The second kappa shape index (κ2) is 11.0. The highest BCUT2D eigenvalue weighted by Gasteiger charge is 2.49. The Kier molecular flexibility index (Phi) is 8.87. The molecule has 2 N–H and O–H groups in total. The van der Waals surface area contributed by atoms with Gasteiger partial charge in [0.2, 0.25) is 0 Å². The zero-order valence-corrected chi connectivity index (χ0v) is 20.1. The average Bonchev–Trinajstić information content (AvgIpc) is 2.93. The highest BCUT2D eigenvalue weighted by molar-refractivity contribution is 5.98. The van der Waals surface area contributed by atoms with Gasteiger partial charge in [-0.2, -0.15) is 13.2 Å². The van der Waals surface area contributed by atoms with E-state index in [4.69, 9.17) is 5.41 Å². The van der Waals surface area contributed by atoms with Crippen molar-refractivity contribution < 1.29 is 18.3 Å². The Balaban J connectivity index is 1.59. The minimum atomic E-state index is -4.23. The van der Waals surface area contributed by atoms with Gasteiger partial charge in [0, 0.05) is 18.7 Å². The van der Waals surface area contributed by atoms with Crippen LogP contribution in [-0.2, 0) is 0 Å². The summed E-state index contributed by atoms with van der Waals surface area (Å²) in [6, 6.07) is 0. The summed E-state index contributed by atoms with van der Waals surface area (Å²) in [5.41, 5.74) is 1.40.